The van der Waals surface area contributed by atoms with Crippen LogP contribution in [-0.2, 0) is 16.0 Å². The minimum atomic E-state index is -0.600. The van der Waals surface area contributed by atoms with Crippen LogP contribution in [-0.4, -0.2) is 25.5 Å². The van der Waals surface area contributed by atoms with Crippen molar-refractivity contribution in [3.05, 3.63) is 64.2 Å². The summed E-state index contributed by atoms with van der Waals surface area (Å²) < 4.78 is 32.1. The summed E-state index contributed by atoms with van der Waals surface area (Å²) in [5.41, 5.74) is 3.28. The number of anilines is 1. The minimum Gasteiger partial charge on any atom is -0.465 e. The number of ether oxygens (including phenoxy) is 1. The number of hydrogen-bond donors (Lipinski definition) is 0. The molecule has 0 bridgehead atoms. The number of piperidine rings is 1. The Balaban J connectivity index is 1.90. The van der Waals surface area contributed by atoms with Crippen LogP contribution in [0.15, 0.2) is 30.3 Å². The third kappa shape index (κ3) is 4.31. The van der Waals surface area contributed by atoms with Crippen LogP contribution in [0.5, 0.6) is 0 Å². The first kappa shape index (κ1) is 21.0. The Morgan fingerprint density at radius 2 is 1.83 bits per heavy atom. The maximum absolute atomic E-state index is 14.1. The molecular weight excluding hydrogens is 376 g/mol. The lowest BCUT2D eigenvalue weighted by Crippen LogP contribution is -2.46. The van der Waals surface area contributed by atoms with E-state index in [2.05, 4.69) is 0 Å². The number of methoxy groups -OCH3 is 1. The molecule has 0 spiro atoms. The average molecular weight is 401 g/mol. The van der Waals surface area contributed by atoms with Crippen LogP contribution < -0.4 is 4.90 Å². The summed E-state index contributed by atoms with van der Waals surface area (Å²) in [5, 5.41) is 0. The number of esters is 1. The Morgan fingerprint density at radius 3 is 2.41 bits per heavy atom. The van der Waals surface area contributed by atoms with E-state index in [-0.39, 0.29) is 17.7 Å². The molecule has 6 heteroatoms. The van der Waals surface area contributed by atoms with E-state index < -0.39 is 17.6 Å². The zero-order chi connectivity index (χ0) is 21.3. The van der Waals surface area contributed by atoms with Crippen molar-refractivity contribution in [2.24, 2.45) is 11.8 Å². The first-order valence-corrected chi connectivity index (χ1v) is 9.66. The number of hydrogen-bond acceptors (Lipinski definition) is 3. The van der Waals surface area contributed by atoms with Crippen molar-refractivity contribution in [3.63, 3.8) is 0 Å². The van der Waals surface area contributed by atoms with E-state index >= 15 is 0 Å². The molecule has 3 rings (SSSR count). The number of amides is 1. The highest BCUT2D eigenvalue weighted by molar-refractivity contribution is 5.98. The molecule has 29 heavy (non-hydrogen) atoms. The molecule has 1 aliphatic heterocycles. The summed E-state index contributed by atoms with van der Waals surface area (Å²) in [7, 11) is 1.33. The quantitative estimate of drug-likeness (QED) is 0.704. The maximum atomic E-state index is 14.1. The first-order chi connectivity index (χ1) is 13.7. The van der Waals surface area contributed by atoms with E-state index in [1.54, 1.807) is 17.0 Å². The molecular formula is C23H25F2NO3. The summed E-state index contributed by atoms with van der Waals surface area (Å²) in [5.74, 6) is -1.74. The molecule has 1 amide bonds. The van der Waals surface area contributed by atoms with Crippen molar-refractivity contribution in [1.82, 2.24) is 0 Å². The van der Waals surface area contributed by atoms with E-state index in [9.17, 15) is 18.4 Å². The minimum absolute atomic E-state index is 0.0119. The predicted octanol–water partition coefficient (Wildman–Crippen LogP) is 4.60. The predicted molar refractivity (Wildman–Crippen MR) is 107 cm³/mol. The van der Waals surface area contributed by atoms with Gasteiger partial charge in [-0.25, -0.2) is 13.6 Å². The second-order valence-electron chi connectivity index (χ2n) is 7.84. The van der Waals surface area contributed by atoms with Crippen LogP contribution in [0.3, 0.4) is 0 Å². The molecule has 154 valence electrons. The second-order valence-corrected chi connectivity index (χ2v) is 7.84. The molecule has 0 unspecified atom stereocenters. The van der Waals surface area contributed by atoms with E-state index in [0.717, 1.165) is 22.9 Å². The Kier molecular flexibility index (Phi) is 6.01. The van der Waals surface area contributed by atoms with E-state index in [1.165, 1.54) is 19.2 Å². The van der Waals surface area contributed by atoms with Gasteiger partial charge in [0.05, 0.1) is 12.7 Å². The van der Waals surface area contributed by atoms with E-state index in [1.807, 2.05) is 20.8 Å². The van der Waals surface area contributed by atoms with Crippen LogP contribution in [0.25, 0.3) is 0 Å². The van der Waals surface area contributed by atoms with Gasteiger partial charge in [-0.15, -0.1) is 0 Å². The topological polar surface area (TPSA) is 46.6 Å². The number of halogens is 2. The van der Waals surface area contributed by atoms with Crippen molar-refractivity contribution in [1.29, 1.82) is 0 Å². The fourth-order valence-corrected chi connectivity index (χ4v) is 4.25. The standard InChI is InChI=1S/C23H25F2NO3/c1-13-8-18(23(28)29-4)9-14(2)21(13)26-12-16(7-15(3)22(26)27)10-17-5-6-19(24)11-20(17)25/h5-6,8-9,11,15-16H,7,10,12H2,1-4H3/t15-,16-/m1/s1. The van der Waals surface area contributed by atoms with Gasteiger partial charge in [0.25, 0.3) is 0 Å². The molecule has 1 fully saturated rings. The lowest BCUT2D eigenvalue weighted by atomic mass is 9.84. The van der Waals surface area contributed by atoms with Gasteiger partial charge in [-0.2, -0.15) is 0 Å². The Hall–Kier alpha value is -2.76. The summed E-state index contributed by atoms with van der Waals surface area (Å²) in [4.78, 5) is 26.5. The third-order valence-electron chi connectivity index (χ3n) is 5.52. The van der Waals surface area contributed by atoms with Crippen molar-refractivity contribution in [3.8, 4) is 0 Å². The summed E-state index contributed by atoms with van der Waals surface area (Å²) in [6, 6.07) is 7.06. The van der Waals surface area contributed by atoms with Gasteiger partial charge >= 0.3 is 5.97 Å². The molecule has 1 aliphatic rings. The summed E-state index contributed by atoms with van der Waals surface area (Å²) >= 11 is 0. The molecule has 0 aromatic heterocycles. The number of carbonyl (C=O) groups is 2. The number of nitrogens with zero attached hydrogens (tertiary/aromatic N) is 1. The Morgan fingerprint density at radius 1 is 1.17 bits per heavy atom. The SMILES string of the molecule is COC(=O)c1cc(C)c(N2C[C@@H](Cc3ccc(F)cc3F)C[C@@H](C)C2=O)c(C)c1. The van der Waals surface area contributed by atoms with Gasteiger partial charge in [-0.1, -0.05) is 13.0 Å². The zero-order valence-electron chi connectivity index (χ0n) is 17.1. The van der Waals surface area contributed by atoms with E-state index in [0.29, 0.717) is 30.5 Å². The van der Waals surface area contributed by atoms with Crippen LogP contribution in [0.4, 0.5) is 14.5 Å². The monoisotopic (exact) mass is 401 g/mol. The van der Waals surface area contributed by atoms with Gasteiger partial charge in [-0.05, 0) is 67.5 Å². The molecule has 1 heterocycles. The van der Waals surface area contributed by atoms with Gasteiger partial charge in [0.1, 0.15) is 11.6 Å². The van der Waals surface area contributed by atoms with Crippen LogP contribution >= 0.6 is 0 Å². The van der Waals surface area contributed by atoms with Crippen molar-refractivity contribution in [2.45, 2.75) is 33.6 Å². The molecule has 2 atom stereocenters. The normalized spacial score (nSPS) is 19.4. The number of carbonyl (C=O) groups excluding carboxylic acids is 2. The van der Waals surface area contributed by atoms with Crippen LogP contribution in [0.1, 0.15) is 40.4 Å². The van der Waals surface area contributed by atoms with Crippen LogP contribution in [0, 0.1) is 37.3 Å². The van der Waals surface area contributed by atoms with Crippen molar-refractivity contribution < 1.29 is 23.1 Å². The largest absolute Gasteiger partial charge is 0.465 e. The lowest BCUT2D eigenvalue weighted by Gasteiger charge is -2.38. The fourth-order valence-electron chi connectivity index (χ4n) is 4.25. The molecule has 0 N–H and O–H groups in total. The maximum Gasteiger partial charge on any atom is 0.337 e. The number of rotatable bonds is 4. The highest BCUT2D eigenvalue weighted by Crippen LogP contribution is 2.34. The Labute approximate surface area is 169 Å². The van der Waals surface area contributed by atoms with Gasteiger partial charge in [-0.3, -0.25) is 4.79 Å². The average Bonchev–Trinajstić information content (AvgIpc) is 2.66. The van der Waals surface area contributed by atoms with Gasteiger partial charge < -0.3 is 9.64 Å². The van der Waals surface area contributed by atoms with Crippen LogP contribution in [0.2, 0.25) is 0 Å². The lowest BCUT2D eigenvalue weighted by molar-refractivity contribution is -0.124. The molecule has 4 nitrogen and oxygen atoms in total. The summed E-state index contributed by atoms with van der Waals surface area (Å²) in [6.07, 6.45) is 1.07. The molecule has 1 saturated heterocycles. The molecule has 0 saturated carbocycles. The first-order valence-electron chi connectivity index (χ1n) is 9.66. The molecule has 2 aromatic rings. The number of aryl methyl sites for hydroxylation is 2. The van der Waals surface area contributed by atoms with E-state index in [4.69, 9.17) is 4.74 Å². The van der Waals surface area contributed by atoms with Gasteiger partial charge in [0.15, 0.2) is 0 Å². The third-order valence-corrected chi connectivity index (χ3v) is 5.52. The van der Waals surface area contributed by atoms with Crippen molar-refractivity contribution >= 4 is 17.6 Å². The molecule has 0 radical (unpaired) electrons. The highest BCUT2D eigenvalue weighted by Gasteiger charge is 2.34. The Bertz CT molecular complexity index is 934. The highest BCUT2D eigenvalue weighted by atomic mass is 19.1. The smallest absolute Gasteiger partial charge is 0.337 e. The van der Waals surface area contributed by atoms with Crippen molar-refractivity contribution in [2.75, 3.05) is 18.6 Å². The summed E-state index contributed by atoms with van der Waals surface area (Å²) in [6.45, 7) is 6.03. The zero-order valence-corrected chi connectivity index (χ0v) is 17.1. The molecule has 0 aliphatic carbocycles. The van der Waals surface area contributed by atoms with Gasteiger partial charge in [0, 0.05) is 24.2 Å². The number of benzene rings is 2. The second kappa shape index (κ2) is 8.31. The molecule has 2 aromatic carbocycles. The fraction of sp³-hybridized carbons (Fsp3) is 0.391. The van der Waals surface area contributed by atoms with Gasteiger partial charge in [0.2, 0.25) is 5.91 Å².